The van der Waals surface area contributed by atoms with E-state index < -0.39 is 10.0 Å². The quantitative estimate of drug-likeness (QED) is 0.607. The molecule has 142 valence electrons. The van der Waals surface area contributed by atoms with Crippen LogP contribution in [-0.2, 0) is 23.0 Å². The van der Waals surface area contributed by atoms with Gasteiger partial charge in [-0.25, -0.2) is 13.1 Å². The predicted octanol–water partition coefficient (Wildman–Crippen LogP) is 2.80. The highest BCUT2D eigenvalue weighted by atomic mass is 32.2. The second-order valence-corrected chi connectivity index (χ2v) is 7.90. The van der Waals surface area contributed by atoms with E-state index in [1.165, 1.54) is 0 Å². The van der Waals surface area contributed by atoms with Crippen LogP contribution in [0, 0.1) is 0 Å². The minimum absolute atomic E-state index is 0.0371. The van der Waals surface area contributed by atoms with E-state index in [9.17, 15) is 8.42 Å². The van der Waals surface area contributed by atoms with Gasteiger partial charge in [0.05, 0.1) is 19.4 Å². The first-order valence-corrected chi connectivity index (χ1v) is 10.2. The van der Waals surface area contributed by atoms with Gasteiger partial charge in [-0.3, -0.25) is 0 Å². The van der Waals surface area contributed by atoms with Gasteiger partial charge in [0.1, 0.15) is 5.75 Å². The van der Waals surface area contributed by atoms with E-state index in [-0.39, 0.29) is 18.2 Å². The van der Waals surface area contributed by atoms with Gasteiger partial charge >= 0.3 is 0 Å². The van der Waals surface area contributed by atoms with Crippen molar-refractivity contribution in [3.63, 3.8) is 0 Å². The largest absolute Gasteiger partial charge is 0.497 e. The van der Waals surface area contributed by atoms with Crippen molar-refractivity contribution < 1.29 is 17.7 Å². The molecule has 7 nitrogen and oxygen atoms in total. The summed E-state index contributed by atoms with van der Waals surface area (Å²) >= 11 is 0. The smallest absolute Gasteiger partial charge is 0.242 e. The third-order valence-corrected chi connectivity index (χ3v) is 5.37. The average Bonchev–Trinajstić information content (AvgIpc) is 3.16. The van der Waals surface area contributed by atoms with Gasteiger partial charge in [0.25, 0.3) is 0 Å². The maximum Gasteiger partial charge on any atom is 0.242 e. The van der Waals surface area contributed by atoms with E-state index in [1.807, 2.05) is 48.5 Å². The molecular formula is C19H21N3O4S. The molecule has 0 aliphatic carbocycles. The van der Waals surface area contributed by atoms with Crippen LogP contribution in [0.25, 0.3) is 11.4 Å². The Morgan fingerprint density at radius 2 is 1.93 bits per heavy atom. The van der Waals surface area contributed by atoms with Crippen LogP contribution in [0.3, 0.4) is 0 Å². The van der Waals surface area contributed by atoms with Gasteiger partial charge in [-0.05, 0) is 30.5 Å². The molecule has 0 amide bonds. The number of sulfonamides is 1. The molecular weight excluding hydrogens is 366 g/mol. The number of hydrogen-bond acceptors (Lipinski definition) is 6. The lowest BCUT2D eigenvalue weighted by Gasteiger charge is -2.04. The van der Waals surface area contributed by atoms with Gasteiger partial charge in [-0.2, -0.15) is 4.98 Å². The van der Waals surface area contributed by atoms with Crippen molar-refractivity contribution >= 4 is 10.0 Å². The van der Waals surface area contributed by atoms with Crippen LogP contribution in [0.15, 0.2) is 59.1 Å². The molecule has 0 aliphatic heterocycles. The number of ether oxygens (including phenoxy) is 1. The first-order chi connectivity index (χ1) is 13.1. The Hall–Kier alpha value is -2.71. The van der Waals surface area contributed by atoms with Gasteiger partial charge in [-0.15, -0.1) is 0 Å². The van der Waals surface area contributed by atoms with Gasteiger partial charge in [-0.1, -0.05) is 47.6 Å². The van der Waals surface area contributed by atoms with Crippen LogP contribution in [0.4, 0.5) is 0 Å². The molecule has 0 aliphatic rings. The molecule has 2 aromatic carbocycles. The van der Waals surface area contributed by atoms with Gasteiger partial charge in [0.15, 0.2) is 0 Å². The Morgan fingerprint density at radius 1 is 1.11 bits per heavy atom. The number of aryl methyl sites for hydroxylation is 1. The number of aromatic nitrogens is 2. The number of benzene rings is 2. The number of nitrogens with zero attached hydrogens (tertiary/aromatic N) is 2. The highest BCUT2D eigenvalue weighted by Crippen LogP contribution is 2.21. The van der Waals surface area contributed by atoms with Crippen molar-refractivity contribution in [1.82, 2.24) is 14.9 Å². The van der Waals surface area contributed by atoms with E-state index in [4.69, 9.17) is 9.26 Å². The summed E-state index contributed by atoms with van der Waals surface area (Å²) in [7, 11) is -1.84. The average molecular weight is 387 g/mol. The minimum Gasteiger partial charge on any atom is -0.497 e. The first-order valence-electron chi connectivity index (χ1n) is 8.54. The van der Waals surface area contributed by atoms with Crippen molar-refractivity contribution in [3.8, 4) is 17.1 Å². The molecule has 0 fully saturated rings. The monoisotopic (exact) mass is 387 g/mol. The third kappa shape index (κ3) is 5.63. The molecule has 3 aromatic rings. The van der Waals surface area contributed by atoms with Crippen LogP contribution in [-0.4, -0.2) is 31.4 Å². The molecule has 8 heteroatoms. The molecule has 1 heterocycles. The maximum atomic E-state index is 12.1. The predicted molar refractivity (Wildman–Crippen MR) is 102 cm³/mol. The SMILES string of the molecule is COc1cccc(-c2noc(CNS(=O)(=O)CCCc3ccccc3)n2)c1. The summed E-state index contributed by atoms with van der Waals surface area (Å²) < 4.78 is 37.1. The molecule has 0 radical (unpaired) electrons. The van der Waals surface area contributed by atoms with Crippen molar-refractivity contribution in [2.45, 2.75) is 19.4 Å². The Morgan fingerprint density at radius 3 is 2.70 bits per heavy atom. The highest BCUT2D eigenvalue weighted by molar-refractivity contribution is 7.89. The number of rotatable bonds is 9. The zero-order valence-corrected chi connectivity index (χ0v) is 15.8. The zero-order chi connectivity index (χ0) is 19.1. The molecule has 0 atom stereocenters. The third-order valence-electron chi connectivity index (χ3n) is 3.96. The Kier molecular flexibility index (Phi) is 6.20. The topological polar surface area (TPSA) is 94.3 Å². The maximum absolute atomic E-state index is 12.1. The van der Waals surface area contributed by atoms with E-state index in [0.717, 1.165) is 11.1 Å². The van der Waals surface area contributed by atoms with E-state index >= 15 is 0 Å². The molecule has 0 unspecified atom stereocenters. The molecule has 0 saturated heterocycles. The van der Waals surface area contributed by atoms with Crippen molar-refractivity contribution in [3.05, 3.63) is 66.1 Å². The lowest BCUT2D eigenvalue weighted by molar-refractivity contribution is 0.376. The number of hydrogen-bond donors (Lipinski definition) is 1. The molecule has 27 heavy (non-hydrogen) atoms. The molecule has 1 N–H and O–H groups in total. The second kappa shape index (κ2) is 8.79. The highest BCUT2D eigenvalue weighted by Gasteiger charge is 2.14. The molecule has 0 bridgehead atoms. The summed E-state index contributed by atoms with van der Waals surface area (Å²) in [5.74, 6) is 1.31. The summed E-state index contributed by atoms with van der Waals surface area (Å²) in [6.45, 7) is -0.0371. The normalized spacial score (nSPS) is 11.4. The van der Waals surface area contributed by atoms with Gasteiger partial charge < -0.3 is 9.26 Å². The van der Waals surface area contributed by atoms with Crippen LogP contribution in [0.2, 0.25) is 0 Å². The Labute approximate surface area is 158 Å². The lowest BCUT2D eigenvalue weighted by Crippen LogP contribution is -2.26. The fourth-order valence-corrected chi connectivity index (χ4v) is 3.57. The van der Waals surface area contributed by atoms with Crippen LogP contribution in [0.5, 0.6) is 5.75 Å². The second-order valence-electron chi connectivity index (χ2n) is 5.97. The van der Waals surface area contributed by atoms with E-state index in [1.54, 1.807) is 13.2 Å². The Bertz CT molecular complexity index is 971. The van der Waals surface area contributed by atoms with Crippen LogP contribution in [0.1, 0.15) is 17.9 Å². The van der Waals surface area contributed by atoms with Crippen molar-refractivity contribution in [2.24, 2.45) is 0 Å². The standard InChI is InChI=1S/C19H21N3O4S/c1-25-17-11-5-10-16(13-17)19-21-18(26-22-19)14-20-27(23,24)12-6-9-15-7-3-2-4-8-15/h2-5,7-8,10-11,13,20H,6,9,12,14H2,1H3. The summed E-state index contributed by atoms with van der Waals surface area (Å²) in [5.41, 5.74) is 1.85. The fraction of sp³-hybridized carbons (Fsp3) is 0.263. The summed E-state index contributed by atoms with van der Waals surface area (Å²) in [4.78, 5) is 4.23. The van der Waals surface area contributed by atoms with Crippen LogP contribution < -0.4 is 9.46 Å². The minimum atomic E-state index is -3.41. The summed E-state index contributed by atoms with van der Waals surface area (Å²) in [6.07, 6.45) is 1.25. The number of methoxy groups -OCH3 is 1. The molecule has 0 spiro atoms. The van der Waals surface area contributed by atoms with E-state index in [0.29, 0.717) is 24.4 Å². The van der Waals surface area contributed by atoms with E-state index in [2.05, 4.69) is 14.9 Å². The molecule has 0 saturated carbocycles. The first kappa shape index (κ1) is 19.1. The summed E-state index contributed by atoms with van der Waals surface area (Å²) in [5, 5.41) is 3.89. The number of nitrogens with one attached hydrogen (secondary N) is 1. The van der Waals surface area contributed by atoms with Gasteiger partial charge in [0, 0.05) is 5.56 Å². The molecule has 1 aromatic heterocycles. The van der Waals surface area contributed by atoms with Crippen molar-refractivity contribution in [1.29, 1.82) is 0 Å². The zero-order valence-electron chi connectivity index (χ0n) is 15.0. The lowest BCUT2D eigenvalue weighted by atomic mass is 10.1. The summed E-state index contributed by atoms with van der Waals surface area (Å²) in [6, 6.07) is 17.0. The fourth-order valence-electron chi connectivity index (χ4n) is 2.56. The van der Waals surface area contributed by atoms with Gasteiger partial charge in [0.2, 0.25) is 21.7 Å². The Balaban J connectivity index is 1.52. The molecule has 3 rings (SSSR count). The van der Waals surface area contributed by atoms with Crippen LogP contribution >= 0.6 is 0 Å². The van der Waals surface area contributed by atoms with Crippen molar-refractivity contribution in [2.75, 3.05) is 12.9 Å².